The second-order valence-corrected chi connectivity index (χ2v) is 9.55. The van der Waals surface area contributed by atoms with Crippen LogP contribution in [0, 0.1) is 0 Å². The number of fused-ring (bicyclic) bond motifs is 1. The minimum Gasteiger partial charge on any atom is -0.349 e. The number of carbonyl (C=O) groups is 1. The van der Waals surface area contributed by atoms with E-state index < -0.39 is 0 Å². The van der Waals surface area contributed by atoms with Crippen molar-refractivity contribution in [1.82, 2.24) is 19.8 Å². The Morgan fingerprint density at radius 3 is 2.59 bits per heavy atom. The summed E-state index contributed by atoms with van der Waals surface area (Å²) in [6, 6.07) is 10.3. The Bertz CT molecular complexity index is 1000. The molecule has 3 heterocycles. The molecule has 2 aromatic heterocycles. The van der Waals surface area contributed by atoms with E-state index in [1.54, 1.807) is 0 Å². The number of aromatic nitrogens is 2. The van der Waals surface area contributed by atoms with E-state index in [1.807, 2.05) is 37.2 Å². The average Bonchev–Trinajstić information content (AvgIpc) is 3.27. The molecule has 4 rings (SSSR count). The van der Waals surface area contributed by atoms with E-state index in [2.05, 4.69) is 49.8 Å². The highest BCUT2D eigenvalue weighted by atomic mass is 79.9. The molecule has 0 aliphatic carbocycles. The first-order chi connectivity index (χ1) is 14.0. The van der Waals surface area contributed by atoms with E-state index in [9.17, 15) is 4.79 Å². The van der Waals surface area contributed by atoms with E-state index in [4.69, 9.17) is 4.98 Å². The molecule has 0 spiro atoms. The highest BCUT2D eigenvalue weighted by Gasteiger charge is 2.23. The summed E-state index contributed by atoms with van der Waals surface area (Å²) in [5.41, 5.74) is 1.88. The van der Waals surface area contributed by atoms with Crippen LogP contribution in [0.1, 0.15) is 29.4 Å². The lowest BCUT2D eigenvalue weighted by molar-refractivity contribution is 0.0917. The number of anilines is 1. The van der Waals surface area contributed by atoms with Crippen molar-refractivity contribution in [3.05, 3.63) is 39.7 Å². The van der Waals surface area contributed by atoms with Crippen LogP contribution in [0.15, 0.2) is 34.8 Å². The van der Waals surface area contributed by atoms with Crippen LogP contribution in [0.5, 0.6) is 0 Å². The number of amides is 1. The van der Waals surface area contributed by atoms with Gasteiger partial charge in [-0.25, -0.2) is 4.98 Å². The van der Waals surface area contributed by atoms with Gasteiger partial charge in [-0.1, -0.05) is 22.9 Å². The van der Waals surface area contributed by atoms with Crippen LogP contribution < -0.4 is 10.2 Å². The van der Waals surface area contributed by atoms with E-state index in [0.29, 0.717) is 0 Å². The average molecular weight is 476 g/mol. The molecule has 0 atom stereocenters. The standard InChI is InChI=1S/C21H26BrN5OS/c1-4-26-11-9-15(10-12-26)23-19(28)18-13-17-20(29-18)27(21(24-17)25(2)3)16-7-5-14(22)6-8-16/h5-8,13,15H,4,9-12H2,1-3H3,(H,23,28). The van der Waals surface area contributed by atoms with Crippen LogP contribution in [0.2, 0.25) is 0 Å². The molecular formula is C21H26BrN5OS. The topological polar surface area (TPSA) is 53.4 Å². The third kappa shape index (κ3) is 4.20. The molecule has 0 saturated carbocycles. The van der Waals surface area contributed by atoms with E-state index in [-0.39, 0.29) is 11.9 Å². The summed E-state index contributed by atoms with van der Waals surface area (Å²) in [7, 11) is 3.97. The summed E-state index contributed by atoms with van der Waals surface area (Å²) in [5, 5.41) is 3.23. The molecule has 0 radical (unpaired) electrons. The van der Waals surface area contributed by atoms with Gasteiger partial charge in [0.15, 0.2) is 0 Å². The third-order valence-electron chi connectivity index (χ3n) is 5.40. The molecule has 8 heteroatoms. The van der Waals surface area contributed by atoms with Gasteiger partial charge in [0.1, 0.15) is 10.3 Å². The normalized spacial score (nSPS) is 15.7. The predicted molar refractivity (Wildman–Crippen MR) is 124 cm³/mol. The lowest BCUT2D eigenvalue weighted by Crippen LogP contribution is -2.44. The van der Waals surface area contributed by atoms with E-state index >= 15 is 0 Å². The first kappa shape index (κ1) is 20.4. The molecule has 154 valence electrons. The number of hydrogen-bond acceptors (Lipinski definition) is 5. The molecule has 0 bridgehead atoms. The Kier molecular flexibility index (Phi) is 5.94. The van der Waals surface area contributed by atoms with Gasteiger partial charge in [-0.3, -0.25) is 9.36 Å². The third-order valence-corrected chi connectivity index (χ3v) is 7.03. The highest BCUT2D eigenvalue weighted by molar-refractivity contribution is 9.10. The molecule has 1 N–H and O–H groups in total. The van der Waals surface area contributed by atoms with Crippen molar-refractivity contribution >= 4 is 49.5 Å². The fraction of sp³-hybridized carbons (Fsp3) is 0.429. The quantitative estimate of drug-likeness (QED) is 0.602. The summed E-state index contributed by atoms with van der Waals surface area (Å²) < 4.78 is 3.15. The van der Waals surface area contributed by atoms with Crippen molar-refractivity contribution in [2.24, 2.45) is 0 Å². The molecule has 6 nitrogen and oxygen atoms in total. The zero-order chi connectivity index (χ0) is 20.5. The van der Waals surface area contributed by atoms with Crippen molar-refractivity contribution in [1.29, 1.82) is 0 Å². The maximum absolute atomic E-state index is 12.9. The van der Waals surface area contributed by atoms with Crippen molar-refractivity contribution in [3.63, 3.8) is 0 Å². The summed E-state index contributed by atoms with van der Waals surface area (Å²) in [5.74, 6) is 0.865. The molecule has 1 aromatic carbocycles. The zero-order valence-electron chi connectivity index (χ0n) is 17.0. The summed E-state index contributed by atoms with van der Waals surface area (Å²) in [6.45, 7) is 5.37. The Hall–Kier alpha value is -1.90. The Morgan fingerprint density at radius 2 is 1.97 bits per heavy atom. The van der Waals surface area contributed by atoms with Gasteiger partial charge in [0.2, 0.25) is 5.95 Å². The van der Waals surface area contributed by atoms with Gasteiger partial charge >= 0.3 is 0 Å². The van der Waals surface area contributed by atoms with Crippen molar-refractivity contribution in [3.8, 4) is 5.69 Å². The molecule has 0 unspecified atom stereocenters. The number of carbonyl (C=O) groups excluding carboxylic acids is 1. The maximum Gasteiger partial charge on any atom is 0.261 e. The molecule has 1 saturated heterocycles. The lowest BCUT2D eigenvalue weighted by atomic mass is 10.1. The highest BCUT2D eigenvalue weighted by Crippen LogP contribution is 2.33. The minimum atomic E-state index is 0.0108. The molecule has 3 aromatic rings. The molecule has 1 fully saturated rings. The number of halogens is 1. The summed E-state index contributed by atoms with van der Waals surface area (Å²) in [6.07, 6.45) is 2.03. The molecule has 29 heavy (non-hydrogen) atoms. The van der Waals surface area contributed by atoms with Crippen LogP contribution in [-0.2, 0) is 0 Å². The zero-order valence-corrected chi connectivity index (χ0v) is 19.4. The van der Waals surface area contributed by atoms with Crippen molar-refractivity contribution < 1.29 is 4.79 Å². The van der Waals surface area contributed by atoms with Crippen LogP contribution in [0.25, 0.3) is 16.0 Å². The number of nitrogens with one attached hydrogen (secondary N) is 1. The Balaban J connectivity index is 1.61. The number of rotatable bonds is 5. The number of likely N-dealkylation sites (tertiary alicyclic amines) is 1. The molecular weight excluding hydrogens is 450 g/mol. The van der Waals surface area contributed by atoms with E-state index in [1.165, 1.54) is 11.3 Å². The van der Waals surface area contributed by atoms with Crippen molar-refractivity contribution in [2.75, 3.05) is 38.6 Å². The van der Waals surface area contributed by atoms with Gasteiger partial charge in [0.05, 0.1) is 4.88 Å². The molecule has 1 amide bonds. The van der Waals surface area contributed by atoms with Gasteiger partial charge in [-0.05, 0) is 49.7 Å². The Morgan fingerprint density at radius 1 is 1.28 bits per heavy atom. The van der Waals surface area contributed by atoms with Crippen molar-refractivity contribution in [2.45, 2.75) is 25.8 Å². The van der Waals surface area contributed by atoms with E-state index in [0.717, 1.165) is 63.8 Å². The fourth-order valence-corrected chi connectivity index (χ4v) is 5.03. The second-order valence-electron chi connectivity index (χ2n) is 7.60. The van der Waals surface area contributed by atoms with Gasteiger partial charge in [-0.15, -0.1) is 11.3 Å². The van der Waals surface area contributed by atoms with Crippen LogP contribution in [0.4, 0.5) is 5.95 Å². The summed E-state index contributed by atoms with van der Waals surface area (Å²) >= 11 is 5.00. The molecule has 1 aliphatic rings. The number of hydrogen-bond donors (Lipinski definition) is 1. The maximum atomic E-state index is 12.9. The lowest BCUT2D eigenvalue weighted by Gasteiger charge is -2.31. The van der Waals surface area contributed by atoms with Crippen LogP contribution in [0.3, 0.4) is 0 Å². The first-order valence-corrected chi connectivity index (χ1v) is 11.6. The Labute approximate surface area is 183 Å². The number of piperidine rings is 1. The van der Waals surface area contributed by atoms with Gasteiger partial charge < -0.3 is 15.1 Å². The van der Waals surface area contributed by atoms with Crippen LogP contribution >= 0.6 is 27.3 Å². The number of thiophene rings is 1. The fourth-order valence-electron chi connectivity index (χ4n) is 3.75. The first-order valence-electron chi connectivity index (χ1n) is 9.95. The van der Waals surface area contributed by atoms with Gasteiger partial charge in [0, 0.05) is 43.4 Å². The SMILES string of the molecule is CCN1CCC(NC(=O)c2cc3nc(N(C)C)n(-c4ccc(Br)cc4)c3s2)CC1. The largest absolute Gasteiger partial charge is 0.349 e. The minimum absolute atomic E-state index is 0.0108. The summed E-state index contributed by atoms with van der Waals surface area (Å²) in [4.78, 5) is 23.8. The predicted octanol–water partition coefficient (Wildman–Crippen LogP) is 4.13. The van der Waals surface area contributed by atoms with Gasteiger partial charge in [0.25, 0.3) is 5.91 Å². The molecule has 1 aliphatic heterocycles. The van der Waals surface area contributed by atoms with Crippen LogP contribution in [-0.4, -0.2) is 60.1 Å². The number of imidazole rings is 1. The second kappa shape index (κ2) is 8.45. The van der Waals surface area contributed by atoms with Gasteiger partial charge in [-0.2, -0.15) is 0 Å². The number of nitrogens with zero attached hydrogens (tertiary/aromatic N) is 4. The number of benzene rings is 1. The monoisotopic (exact) mass is 475 g/mol. The smallest absolute Gasteiger partial charge is 0.261 e.